The first kappa shape index (κ1) is 20.5. The van der Waals surface area contributed by atoms with Crippen LogP contribution in [0.5, 0.6) is 0 Å². The van der Waals surface area contributed by atoms with Crippen molar-refractivity contribution in [3.05, 3.63) is 40.7 Å². The number of carbonyl (C=O) groups is 1. The summed E-state index contributed by atoms with van der Waals surface area (Å²) in [6, 6.07) is 7.06. The lowest BCUT2D eigenvalue weighted by molar-refractivity contribution is -0.128. The summed E-state index contributed by atoms with van der Waals surface area (Å²) in [6.45, 7) is 4.56. The van der Waals surface area contributed by atoms with Crippen LogP contribution in [0.1, 0.15) is 19.8 Å². The van der Waals surface area contributed by atoms with Gasteiger partial charge in [0.15, 0.2) is 5.43 Å². The lowest BCUT2D eigenvalue weighted by Gasteiger charge is -2.22. The Kier molecular flexibility index (Phi) is 6.96. The van der Waals surface area contributed by atoms with Crippen LogP contribution >= 0.6 is 0 Å². The summed E-state index contributed by atoms with van der Waals surface area (Å²) in [4.78, 5) is 28.1. The van der Waals surface area contributed by atoms with Crippen molar-refractivity contribution in [1.29, 1.82) is 0 Å². The van der Waals surface area contributed by atoms with Gasteiger partial charge in [0.25, 0.3) is 6.47 Å². The summed E-state index contributed by atoms with van der Waals surface area (Å²) in [7, 11) is 0. The smallest absolute Gasteiger partial charge is 0.293 e. The summed E-state index contributed by atoms with van der Waals surface area (Å²) >= 11 is 0. The van der Waals surface area contributed by atoms with E-state index in [1.807, 2.05) is 30.2 Å². The summed E-state index contributed by atoms with van der Waals surface area (Å²) in [5.41, 5.74) is 2.06. The van der Waals surface area contributed by atoms with Crippen molar-refractivity contribution in [3.8, 4) is 11.3 Å². The van der Waals surface area contributed by atoms with Crippen LogP contribution in [0.2, 0.25) is 0 Å². The minimum absolute atomic E-state index is 0.00175. The lowest BCUT2D eigenvalue weighted by atomic mass is 10.1. The predicted octanol–water partition coefficient (Wildman–Crippen LogP) is 1.56. The Morgan fingerprint density at radius 1 is 1.34 bits per heavy atom. The van der Waals surface area contributed by atoms with Crippen molar-refractivity contribution in [1.82, 2.24) is 20.0 Å². The molecule has 3 aromatic rings. The number of aromatic nitrogens is 4. The van der Waals surface area contributed by atoms with E-state index in [4.69, 9.17) is 0 Å². The third kappa shape index (κ3) is 4.80. The summed E-state index contributed by atoms with van der Waals surface area (Å²) in [5, 5.41) is 18.3. The van der Waals surface area contributed by atoms with E-state index in [9.17, 15) is 14.7 Å². The number of benzene rings is 1. The highest BCUT2D eigenvalue weighted by atomic mass is 16.5. The molecule has 2 N–H and O–H groups in total. The van der Waals surface area contributed by atoms with Crippen LogP contribution in [0.4, 0.5) is 5.82 Å². The zero-order valence-electron chi connectivity index (χ0n) is 16.4. The average Bonchev–Trinajstić information content (AvgIpc) is 3.20. The van der Waals surface area contributed by atoms with Crippen molar-refractivity contribution < 1.29 is 14.6 Å². The summed E-state index contributed by atoms with van der Waals surface area (Å²) in [5.74, 6) is 0.661. The highest BCUT2D eigenvalue weighted by molar-refractivity contribution is 5.93. The number of para-hydroxylation sites is 1. The van der Waals surface area contributed by atoms with Gasteiger partial charge < -0.3 is 19.7 Å². The number of hydrogen-bond acceptors (Lipinski definition) is 7. The zero-order chi connectivity index (χ0) is 20.6. The number of pyridine rings is 1. The van der Waals surface area contributed by atoms with Crippen molar-refractivity contribution in [2.45, 2.75) is 26.3 Å². The molecule has 0 radical (unpaired) electrons. The number of aryl methyl sites for hydroxylation is 1. The Balaban J connectivity index is 1.90. The fourth-order valence-corrected chi connectivity index (χ4v) is 3.25. The van der Waals surface area contributed by atoms with Gasteiger partial charge in [0.2, 0.25) is 0 Å². The van der Waals surface area contributed by atoms with Gasteiger partial charge in [-0.25, -0.2) is 0 Å². The first-order valence-corrected chi connectivity index (χ1v) is 9.65. The number of aliphatic hydroxyl groups is 1. The number of H-pyrrole nitrogens is 1. The second-order valence-electron chi connectivity index (χ2n) is 6.59. The number of likely N-dealkylation sites (N-methyl/N-ethyl adjacent to an activating group) is 1. The van der Waals surface area contributed by atoms with Crippen molar-refractivity contribution in [2.75, 3.05) is 31.2 Å². The molecule has 1 aromatic carbocycles. The molecule has 0 saturated carbocycles. The second-order valence-corrected chi connectivity index (χ2v) is 6.59. The van der Waals surface area contributed by atoms with E-state index >= 15 is 0 Å². The highest BCUT2D eigenvalue weighted by Gasteiger charge is 2.13. The molecule has 9 nitrogen and oxygen atoms in total. The number of fused-ring (bicyclic) bond motifs is 1. The number of unbranched alkanes of at least 4 members (excludes halogenated alkanes) is 1. The number of anilines is 1. The van der Waals surface area contributed by atoms with Gasteiger partial charge in [-0.1, -0.05) is 17.3 Å². The largest absolute Gasteiger partial charge is 0.468 e. The summed E-state index contributed by atoms with van der Waals surface area (Å²) < 4.78 is 6.42. The van der Waals surface area contributed by atoms with E-state index in [1.165, 1.54) is 0 Å². The van der Waals surface area contributed by atoms with Crippen LogP contribution in [-0.2, 0) is 16.1 Å². The maximum Gasteiger partial charge on any atom is 0.293 e. The van der Waals surface area contributed by atoms with Gasteiger partial charge in [-0.05, 0) is 25.8 Å². The molecular weight excluding hydrogens is 374 g/mol. The quantitative estimate of drug-likeness (QED) is 0.371. The number of carbonyl (C=O) groups excluding carboxylic acids is 1. The van der Waals surface area contributed by atoms with Crippen LogP contribution in [0.25, 0.3) is 22.2 Å². The lowest BCUT2D eigenvalue weighted by Crippen LogP contribution is -2.28. The predicted molar refractivity (Wildman–Crippen MR) is 110 cm³/mol. The molecule has 0 aliphatic carbocycles. The summed E-state index contributed by atoms with van der Waals surface area (Å²) in [6.07, 6.45) is 3.39. The molecule has 0 bridgehead atoms. The molecule has 154 valence electrons. The maximum absolute atomic E-state index is 12.7. The monoisotopic (exact) mass is 399 g/mol. The van der Waals surface area contributed by atoms with Gasteiger partial charge in [-0.3, -0.25) is 14.3 Å². The number of aromatic amines is 1. The number of nitrogens with one attached hydrogen (secondary N) is 1. The molecular formula is C20H25N5O4. The number of ether oxygens (including phenoxy) is 1. The molecule has 29 heavy (non-hydrogen) atoms. The molecule has 0 amide bonds. The Morgan fingerprint density at radius 3 is 2.97 bits per heavy atom. The van der Waals surface area contributed by atoms with Gasteiger partial charge >= 0.3 is 0 Å². The Bertz CT molecular complexity index is 1010. The molecule has 3 rings (SSSR count). The molecule has 0 aliphatic heterocycles. The van der Waals surface area contributed by atoms with Crippen LogP contribution in [0.15, 0.2) is 35.3 Å². The molecule has 2 heterocycles. The van der Waals surface area contributed by atoms with Gasteiger partial charge in [0.1, 0.15) is 11.5 Å². The fourth-order valence-electron chi connectivity index (χ4n) is 3.25. The Morgan fingerprint density at radius 2 is 2.21 bits per heavy atom. The van der Waals surface area contributed by atoms with E-state index in [0.717, 1.165) is 18.4 Å². The van der Waals surface area contributed by atoms with E-state index in [0.29, 0.717) is 55.1 Å². The molecule has 0 aliphatic rings. The highest BCUT2D eigenvalue weighted by Crippen LogP contribution is 2.26. The van der Waals surface area contributed by atoms with Crippen LogP contribution < -0.4 is 10.3 Å². The molecule has 0 spiro atoms. The van der Waals surface area contributed by atoms with Gasteiger partial charge in [-0.2, -0.15) is 0 Å². The third-order valence-electron chi connectivity index (χ3n) is 4.73. The molecule has 0 unspecified atom stereocenters. The van der Waals surface area contributed by atoms with E-state index in [1.54, 1.807) is 16.8 Å². The van der Waals surface area contributed by atoms with Gasteiger partial charge in [0, 0.05) is 36.7 Å². The number of nitrogens with zero attached hydrogens (tertiary/aromatic N) is 4. The van der Waals surface area contributed by atoms with Crippen molar-refractivity contribution >= 4 is 23.2 Å². The van der Waals surface area contributed by atoms with Gasteiger partial charge in [0.05, 0.1) is 24.9 Å². The fraction of sp³-hybridized carbons (Fsp3) is 0.400. The second kappa shape index (κ2) is 9.83. The number of rotatable bonds is 11. The van der Waals surface area contributed by atoms with Crippen molar-refractivity contribution in [2.24, 2.45) is 0 Å². The molecule has 0 saturated heterocycles. The Labute approximate surface area is 167 Å². The third-order valence-corrected chi connectivity index (χ3v) is 4.73. The normalized spacial score (nSPS) is 11.0. The number of aliphatic hydroxyl groups excluding tert-OH is 1. The molecule has 2 aromatic heterocycles. The van der Waals surface area contributed by atoms with Crippen LogP contribution in [-0.4, -0.2) is 57.9 Å². The van der Waals surface area contributed by atoms with Gasteiger partial charge in [-0.15, -0.1) is 5.10 Å². The molecule has 0 fully saturated rings. The molecule has 9 heteroatoms. The first-order chi connectivity index (χ1) is 14.2. The Hall–Kier alpha value is -3.20. The van der Waals surface area contributed by atoms with Crippen LogP contribution in [0.3, 0.4) is 0 Å². The zero-order valence-corrected chi connectivity index (χ0v) is 16.4. The van der Waals surface area contributed by atoms with E-state index < -0.39 is 0 Å². The van der Waals surface area contributed by atoms with E-state index in [-0.39, 0.29) is 12.0 Å². The average molecular weight is 399 g/mol. The van der Waals surface area contributed by atoms with Crippen LogP contribution in [0, 0.1) is 0 Å². The minimum atomic E-state index is -0.0884. The first-order valence-electron chi connectivity index (χ1n) is 9.65. The topological polar surface area (TPSA) is 113 Å². The molecule has 0 atom stereocenters. The van der Waals surface area contributed by atoms with E-state index in [2.05, 4.69) is 20.0 Å². The number of hydrogen-bond donors (Lipinski definition) is 2. The maximum atomic E-state index is 12.7. The SMILES string of the molecule is CCN(CCO)c1cc(=O)c2cccc(-c3cn(CCCCOC=O)nn3)c2[nH]1. The minimum Gasteiger partial charge on any atom is -0.468 e. The van der Waals surface area contributed by atoms with Crippen molar-refractivity contribution in [3.63, 3.8) is 0 Å². The standard InChI is InChI=1S/C20H25N5O4/c1-2-24(9-10-26)19-12-18(28)16-7-5-6-15(20(16)21-19)17-13-25(23-22-17)8-3-4-11-29-14-27/h5-7,12-14,26H,2-4,8-11H2,1H3,(H,21,28).